The second-order valence-corrected chi connectivity index (χ2v) is 30.8. The van der Waals surface area contributed by atoms with E-state index in [-0.39, 0.29) is 72.8 Å². The zero-order valence-corrected chi connectivity index (χ0v) is 67.5. The molecule has 148 heavy (non-hydrogen) atoms. The average molecular weight is 2290 g/mol. The summed E-state index contributed by atoms with van der Waals surface area (Å²) in [5.41, 5.74) is -69.9. The minimum Gasteiger partial charge on any atom is -0.354 e. The van der Waals surface area contributed by atoms with Crippen LogP contribution >= 0.6 is 0 Å². The molecule has 72 heteroatoms. The molecule has 0 spiro atoms. The predicted octanol–water partition coefficient (Wildman–Crippen LogP) is 33.0. The van der Waals surface area contributed by atoms with E-state index in [0.29, 0.717) is 9.97 Å². The summed E-state index contributed by atoms with van der Waals surface area (Å²) < 4.78 is 1060. The van der Waals surface area contributed by atoms with E-state index in [0.717, 1.165) is 0 Å². The third-order valence-electron chi connectivity index (χ3n) is 21.7. The highest BCUT2D eigenvalue weighted by Gasteiger charge is 3.01. The van der Waals surface area contributed by atoms with Crippen molar-refractivity contribution in [1.82, 2.24) is 19.9 Å². The molecule has 0 atom stereocenters. The highest BCUT2D eigenvalue weighted by Crippen LogP contribution is 2.74. The molecule has 826 valence electrons. The molecule has 0 amide bonds. The number of hydrogen-bond acceptors (Lipinski definition) is 2. The summed E-state index contributed by atoms with van der Waals surface area (Å²) >= 11 is 0. The van der Waals surface area contributed by atoms with Crippen LogP contribution in [0.5, 0.6) is 0 Å². The lowest BCUT2D eigenvalue weighted by atomic mass is 9.85. The van der Waals surface area contributed by atoms with Crippen LogP contribution in [0.25, 0.3) is 89.9 Å². The standard InChI is InChI=1S/C76H26F68N4/c77-45(78,49(85,86)53(93,94)57(101,102)61(109,110)65(117,118)69(125,126)73(133,134)135)29-22-34-38(26-15-7-2-8-16-26)43-31(47(81,82)51(89,90)55(97,98)59(105,106)63(113,114)67(121,122)71(129,130)75(139,140)141)24-36(148-43)40(28-19-11-4-12-20-28)44-32(48(83,84)52(91,92)56(99,100)60(107,108)64(115,116)68(123,124)72(131,132)76(142,143)144)23-35(147-44)39(27-17-9-3-10-18-27)42-30(21-33(145-42)37(41(29)146-34)25-13-5-1-6-14-25)46(79,80)50(87,88)54(95,96)58(103,104)62(111,112)66(119,120)70(127,128)74(136,137)138/h1-24,145,148H. The molecular formula is C76H26F68N4. The molecule has 8 bridgehead atoms. The van der Waals surface area contributed by atoms with Crippen LogP contribution in [0.4, 0.5) is 299 Å². The summed E-state index contributed by atoms with van der Waals surface area (Å²) in [4.78, 5) is 6.67. The minimum atomic E-state index is -10.1. The Bertz CT molecular complexity index is 6030. The van der Waals surface area contributed by atoms with Gasteiger partial charge in [0.25, 0.3) is 0 Å². The van der Waals surface area contributed by atoms with Crippen molar-refractivity contribution in [3.8, 4) is 44.5 Å². The number of aromatic amines is 2. The summed E-state index contributed by atoms with van der Waals surface area (Å²) in [5, 5.41) is 0. The monoisotopic (exact) mass is 2290 g/mol. The highest BCUT2D eigenvalue weighted by atomic mass is 19.5. The third-order valence-corrected chi connectivity index (χ3v) is 21.7. The topological polar surface area (TPSA) is 57.4 Å². The number of aromatic nitrogens is 4. The quantitative estimate of drug-likeness (QED) is 0.0413. The summed E-state index contributed by atoms with van der Waals surface area (Å²) in [5.74, 6) is -271. The van der Waals surface area contributed by atoms with Gasteiger partial charge >= 0.3 is 191 Å². The van der Waals surface area contributed by atoms with E-state index in [9.17, 15) is 123 Å². The SMILES string of the molecule is FC(F)(F)C(F)(F)C(F)(F)C(F)(F)C(F)(F)C(F)(F)C(F)(F)C(F)(F)C1=Cc2nc1c(-c1ccccc1)c1cc(C(F)(F)C(F)(F)C(F)(F)C(F)(F)C(F)(F)C(F)(F)C(F)(F)C(F)(F)F)c([nH]1)c(-c1ccccc1)c1nc(c(-c3ccccc3)c3cc(C(F)(F)C(F)(F)C(F)(F)C(F)(F)C(F)(F)C(F)(F)C(F)(F)C(F)(F)F)c([nH]3)c2-c2ccccc2)C(C(F)(F)C(F)(F)C(F)(F)C(F)(F)C(F)(F)C(F)(F)C(F)(F)C(F)(F)F)=C1. The largest absolute Gasteiger partial charge is 0.460 e. The Balaban J connectivity index is 1.76. The lowest BCUT2D eigenvalue weighted by molar-refractivity contribution is -0.462. The van der Waals surface area contributed by atoms with Crippen molar-refractivity contribution in [2.75, 3.05) is 0 Å². The van der Waals surface area contributed by atoms with E-state index >= 15 is 176 Å². The fourth-order valence-electron chi connectivity index (χ4n) is 13.5. The number of halogens is 68. The second-order valence-electron chi connectivity index (χ2n) is 30.8. The number of H-pyrrole nitrogens is 2. The van der Waals surface area contributed by atoms with Gasteiger partial charge in [-0.15, -0.1) is 0 Å². The Morgan fingerprint density at radius 2 is 0.311 bits per heavy atom. The molecule has 3 aromatic heterocycles. The molecule has 0 radical (unpaired) electrons. The summed E-state index contributed by atoms with van der Waals surface area (Å²) in [6.45, 7) is 0. The number of nitrogens with zero attached hydrogens (tertiary/aromatic N) is 2. The number of fused-ring (bicyclic) bond motifs is 8. The van der Waals surface area contributed by atoms with Gasteiger partial charge in [0.15, 0.2) is 0 Å². The van der Waals surface area contributed by atoms with Crippen molar-refractivity contribution in [2.24, 2.45) is 0 Å². The van der Waals surface area contributed by atoms with Crippen LogP contribution in [0.3, 0.4) is 0 Å². The van der Waals surface area contributed by atoms with E-state index in [2.05, 4.69) is 9.97 Å². The maximum absolute atomic E-state index is 18.2. The van der Waals surface area contributed by atoms with Crippen molar-refractivity contribution in [2.45, 2.75) is 191 Å². The van der Waals surface area contributed by atoms with Gasteiger partial charge in [-0.1, -0.05) is 121 Å². The van der Waals surface area contributed by atoms with Gasteiger partial charge in [0.1, 0.15) is 0 Å². The molecule has 5 heterocycles. The van der Waals surface area contributed by atoms with Crippen molar-refractivity contribution < 1.29 is 299 Å². The van der Waals surface area contributed by atoms with Gasteiger partial charge in [-0.3, -0.25) is 0 Å². The Kier molecular flexibility index (Phi) is 27.7. The van der Waals surface area contributed by atoms with Gasteiger partial charge in [-0.05, 0) is 46.5 Å². The summed E-state index contributed by atoms with van der Waals surface area (Å²) in [6, 6.07) is -7.98. The van der Waals surface area contributed by atoms with Crippen molar-refractivity contribution in [3.63, 3.8) is 0 Å². The molecule has 4 nitrogen and oxygen atoms in total. The summed E-state index contributed by atoms with van der Waals surface area (Å²) in [6.07, 6.45) is -38.9. The predicted molar refractivity (Wildman–Crippen MR) is 359 cm³/mol. The molecular weight excluding hydrogens is 2260 g/mol. The molecule has 2 N–H and O–H groups in total. The first-order valence-corrected chi connectivity index (χ1v) is 36.7. The lowest BCUT2D eigenvalue weighted by Gasteiger charge is -2.43. The molecule has 4 aromatic carbocycles. The zero-order chi connectivity index (χ0) is 115. The lowest BCUT2D eigenvalue weighted by Crippen LogP contribution is -2.74. The van der Waals surface area contributed by atoms with Gasteiger partial charge in [-0.25, -0.2) is 9.97 Å². The number of hydrogen-bond donors (Lipinski definition) is 2. The van der Waals surface area contributed by atoms with E-state index in [1.807, 2.05) is 0 Å². The van der Waals surface area contributed by atoms with Crippen LogP contribution in [-0.4, -0.2) is 199 Å². The molecule has 2 aliphatic heterocycles. The van der Waals surface area contributed by atoms with Crippen LogP contribution in [-0.2, 0) is 11.8 Å². The number of allylic oxidation sites excluding steroid dienone is 2. The molecule has 0 saturated heterocycles. The van der Waals surface area contributed by atoms with Crippen molar-refractivity contribution in [1.29, 1.82) is 0 Å². The highest BCUT2D eigenvalue weighted by molar-refractivity contribution is 6.06. The first kappa shape index (κ1) is 120. The molecule has 0 unspecified atom stereocenters. The van der Waals surface area contributed by atoms with Crippen LogP contribution in [0.15, 0.2) is 133 Å². The molecule has 0 fully saturated rings. The molecule has 9 rings (SSSR count). The number of nitrogens with one attached hydrogen (secondary N) is 2. The molecule has 2 aliphatic rings. The number of benzene rings is 4. The van der Waals surface area contributed by atoms with Gasteiger partial charge in [0.2, 0.25) is 0 Å². The van der Waals surface area contributed by atoms with Gasteiger partial charge in [0, 0.05) is 33.3 Å². The Labute approximate surface area is 765 Å². The molecule has 7 aromatic rings. The first-order valence-electron chi connectivity index (χ1n) is 36.7. The normalized spacial score (nSPS) is 16.1. The fourth-order valence-corrected chi connectivity index (χ4v) is 13.5. The first-order chi connectivity index (χ1) is 65.3. The molecule has 0 saturated carbocycles. The average Bonchev–Trinajstić information content (AvgIpc) is 1.47. The van der Waals surface area contributed by atoms with E-state index in [1.165, 1.54) is 0 Å². The van der Waals surface area contributed by atoms with Crippen molar-refractivity contribution in [3.05, 3.63) is 167 Å². The van der Waals surface area contributed by atoms with E-state index in [1.54, 1.807) is 0 Å². The third kappa shape index (κ3) is 15.6. The maximum Gasteiger partial charge on any atom is 0.460 e. The van der Waals surface area contributed by atoms with E-state index in [4.69, 9.17) is 0 Å². The number of alkyl halides is 68. The number of rotatable bonds is 32. The van der Waals surface area contributed by atoms with Crippen LogP contribution in [0.2, 0.25) is 0 Å². The van der Waals surface area contributed by atoms with Crippen molar-refractivity contribution >= 4 is 45.4 Å². The van der Waals surface area contributed by atoms with E-state index < -0.39 is 375 Å². The Hall–Kier alpha value is -11.3. The van der Waals surface area contributed by atoms with Crippen LogP contribution in [0.1, 0.15) is 33.9 Å². The molecule has 0 aliphatic carbocycles. The van der Waals surface area contributed by atoms with Gasteiger partial charge in [-0.2, -0.15) is 299 Å². The Morgan fingerprint density at radius 3 is 0.480 bits per heavy atom. The minimum absolute atomic E-state index is 0.118. The fraction of sp³-hybridized carbons (Fsp3) is 0.421. The maximum atomic E-state index is 18.2. The second kappa shape index (κ2) is 34.1. The zero-order valence-electron chi connectivity index (χ0n) is 67.5. The van der Waals surface area contributed by atoms with Gasteiger partial charge in [0.05, 0.1) is 56.1 Å². The van der Waals surface area contributed by atoms with Crippen LogP contribution < -0.4 is 0 Å². The summed E-state index contributed by atoms with van der Waals surface area (Å²) in [7, 11) is 0. The smallest absolute Gasteiger partial charge is 0.354 e. The van der Waals surface area contributed by atoms with Gasteiger partial charge < -0.3 is 9.97 Å². The van der Waals surface area contributed by atoms with Crippen LogP contribution in [0, 0.1) is 0 Å². The Morgan fingerprint density at radius 1 is 0.162 bits per heavy atom.